The summed E-state index contributed by atoms with van der Waals surface area (Å²) in [6.45, 7) is 1.57. The molecule has 0 bridgehead atoms. The van der Waals surface area contributed by atoms with Crippen LogP contribution < -0.4 is 5.32 Å². The van der Waals surface area contributed by atoms with E-state index in [-0.39, 0.29) is 5.91 Å². The normalized spacial score (nSPS) is 10.4. The number of nitriles is 1. The summed E-state index contributed by atoms with van der Waals surface area (Å²) in [5.41, 5.74) is 2.33. The average molecular weight is 386 g/mol. The molecule has 0 saturated heterocycles. The lowest BCUT2D eigenvalue weighted by molar-refractivity contribution is -0.116. The first kappa shape index (κ1) is 18.2. The molecule has 0 aliphatic carbocycles. The number of likely N-dealkylation sites (N-methyl/N-ethyl adjacent to an activating group) is 1. The van der Waals surface area contributed by atoms with Crippen molar-refractivity contribution in [2.75, 3.05) is 25.5 Å². The highest BCUT2D eigenvalue weighted by Gasteiger charge is 2.08. The van der Waals surface area contributed by atoms with Crippen molar-refractivity contribution in [1.82, 2.24) is 4.90 Å². The first-order valence-electron chi connectivity index (χ1n) is 7.80. The maximum absolute atomic E-state index is 12.0. The zero-order chi connectivity index (χ0) is 17.4. The lowest BCUT2D eigenvalue weighted by Gasteiger charge is -2.16. The Labute approximate surface area is 151 Å². The number of hydrogen-bond donors (Lipinski definition) is 1. The summed E-state index contributed by atoms with van der Waals surface area (Å²) in [5, 5.41) is 11.8. The second-order valence-electron chi connectivity index (χ2n) is 5.64. The molecule has 5 heteroatoms. The van der Waals surface area contributed by atoms with Gasteiger partial charge in [-0.1, -0.05) is 40.2 Å². The summed E-state index contributed by atoms with van der Waals surface area (Å²) in [6, 6.07) is 17.4. The van der Waals surface area contributed by atoms with Crippen molar-refractivity contribution < 1.29 is 4.79 Å². The van der Waals surface area contributed by atoms with E-state index in [9.17, 15) is 4.79 Å². The minimum atomic E-state index is -0.0757. The van der Waals surface area contributed by atoms with Gasteiger partial charge >= 0.3 is 0 Å². The molecule has 0 fully saturated rings. The van der Waals surface area contributed by atoms with E-state index < -0.39 is 0 Å². The number of nitrogens with zero attached hydrogens (tertiary/aromatic N) is 2. The quantitative estimate of drug-likeness (QED) is 0.787. The smallest absolute Gasteiger partial charge is 0.225 e. The van der Waals surface area contributed by atoms with E-state index in [4.69, 9.17) is 5.26 Å². The molecular formula is C19H20BrN3O. The first-order chi connectivity index (χ1) is 11.6. The highest BCUT2D eigenvalue weighted by atomic mass is 79.9. The molecule has 2 aromatic rings. The number of rotatable bonds is 7. The number of amides is 1. The third-order valence-electron chi connectivity index (χ3n) is 3.74. The molecule has 2 aromatic carbocycles. The Bertz CT molecular complexity index is 722. The van der Waals surface area contributed by atoms with Gasteiger partial charge in [-0.2, -0.15) is 5.26 Å². The van der Waals surface area contributed by atoms with Gasteiger partial charge in [0.1, 0.15) is 6.07 Å². The summed E-state index contributed by atoms with van der Waals surface area (Å²) in [4.78, 5) is 14.2. The topological polar surface area (TPSA) is 56.1 Å². The molecule has 0 unspecified atom stereocenters. The van der Waals surface area contributed by atoms with Gasteiger partial charge in [0.25, 0.3) is 0 Å². The first-order valence-corrected chi connectivity index (χ1v) is 8.60. The van der Waals surface area contributed by atoms with Gasteiger partial charge in [-0.15, -0.1) is 0 Å². The number of carbonyl (C=O) groups excluding carboxylic acids is 1. The van der Waals surface area contributed by atoms with Gasteiger partial charge in [0.2, 0.25) is 5.91 Å². The lowest BCUT2D eigenvalue weighted by atomic mass is 10.1. The number of halogens is 1. The van der Waals surface area contributed by atoms with Gasteiger partial charge in [-0.3, -0.25) is 4.79 Å². The molecule has 0 saturated carbocycles. The molecular weight excluding hydrogens is 366 g/mol. The van der Waals surface area contributed by atoms with Gasteiger partial charge in [-0.05, 0) is 43.3 Å². The molecule has 0 heterocycles. The number of nitrogens with one attached hydrogen (secondary N) is 1. The van der Waals surface area contributed by atoms with Crippen molar-refractivity contribution >= 4 is 27.5 Å². The Morgan fingerprint density at radius 3 is 2.58 bits per heavy atom. The second kappa shape index (κ2) is 9.21. The largest absolute Gasteiger partial charge is 0.325 e. The van der Waals surface area contributed by atoms with Crippen LogP contribution in [0.5, 0.6) is 0 Å². The molecule has 0 radical (unpaired) electrons. The van der Waals surface area contributed by atoms with Crippen LogP contribution in [-0.4, -0.2) is 30.9 Å². The van der Waals surface area contributed by atoms with E-state index in [0.717, 1.165) is 17.4 Å². The highest BCUT2D eigenvalue weighted by Crippen LogP contribution is 2.14. The van der Waals surface area contributed by atoms with Gasteiger partial charge in [-0.25, -0.2) is 0 Å². The SMILES string of the molecule is CN(CCC(=O)Nc1ccccc1C#N)CCc1ccc(Br)cc1. The standard InChI is InChI=1S/C19H20BrN3O/c1-23(12-10-15-6-8-17(20)9-7-15)13-11-19(24)22-18-5-3-2-4-16(18)14-21/h2-9H,10-13H2,1H3,(H,22,24). The minimum absolute atomic E-state index is 0.0757. The maximum atomic E-state index is 12.0. The zero-order valence-electron chi connectivity index (χ0n) is 13.6. The summed E-state index contributed by atoms with van der Waals surface area (Å²) >= 11 is 3.43. The van der Waals surface area contributed by atoms with E-state index in [1.54, 1.807) is 24.3 Å². The predicted octanol–water partition coefficient (Wildman–Crippen LogP) is 3.82. The molecule has 0 spiro atoms. The lowest BCUT2D eigenvalue weighted by Crippen LogP contribution is -2.26. The molecule has 4 nitrogen and oxygen atoms in total. The van der Waals surface area contributed by atoms with E-state index in [2.05, 4.69) is 44.3 Å². The van der Waals surface area contributed by atoms with Crippen LogP contribution in [0.15, 0.2) is 53.0 Å². The average Bonchev–Trinajstić information content (AvgIpc) is 2.60. The van der Waals surface area contributed by atoms with Gasteiger partial charge in [0, 0.05) is 24.0 Å². The van der Waals surface area contributed by atoms with Gasteiger partial charge < -0.3 is 10.2 Å². The van der Waals surface area contributed by atoms with Crippen LogP contribution in [0.3, 0.4) is 0 Å². The maximum Gasteiger partial charge on any atom is 0.225 e. The summed E-state index contributed by atoms with van der Waals surface area (Å²) < 4.78 is 1.08. The molecule has 124 valence electrons. The van der Waals surface area contributed by atoms with E-state index in [0.29, 0.717) is 24.2 Å². The number of benzene rings is 2. The molecule has 0 aromatic heterocycles. The Balaban J connectivity index is 1.75. The van der Waals surface area contributed by atoms with Crippen LogP contribution in [-0.2, 0) is 11.2 Å². The fourth-order valence-electron chi connectivity index (χ4n) is 2.28. The Hall–Kier alpha value is -2.16. The molecule has 2 rings (SSSR count). The van der Waals surface area contributed by atoms with E-state index in [1.807, 2.05) is 19.2 Å². The number of carbonyl (C=O) groups is 1. The third kappa shape index (κ3) is 5.80. The molecule has 0 aliphatic rings. The summed E-state index contributed by atoms with van der Waals surface area (Å²) in [6.07, 6.45) is 1.35. The number of para-hydroxylation sites is 1. The molecule has 0 atom stereocenters. The highest BCUT2D eigenvalue weighted by molar-refractivity contribution is 9.10. The molecule has 0 aliphatic heterocycles. The monoisotopic (exact) mass is 385 g/mol. The fourth-order valence-corrected chi connectivity index (χ4v) is 2.54. The van der Waals surface area contributed by atoms with E-state index in [1.165, 1.54) is 5.56 Å². The molecule has 1 amide bonds. The van der Waals surface area contributed by atoms with Crippen LogP contribution in [0, 0.1) is 11.3 Å². The second-order valence-corrected chi connectivity index (χ2v) is 6.55. The summed E-state index contributed by atoms with van der Waals surface area (Å²) in [5.74, 6) is -0.0757. The van der Waals surface area contributed by atoms with Crippen molar-refractivity contribution in [3.63, 3.8) is 0 Å². The van der Waals surface area contributed by atoms with Crippen LogP contribution in [0.2, 0.25) is 0 Å². The van der Waals surface area contributed by atoms with E-state index >= 15 is 0 Å². The van der Waals surface area contributed by atoms with Crippen LogP contribution in [0.4, 0.5) is 5.69 Å². The minimum Gasteiger partial charge on any atom is -0.325 e. The zero-order valence-corrected chi connectivity index (χ0v) is 15.2. The summed E-state index contributed by atoms with van der Waals surface area (Å²) in [7, 11) is 2.01. The van der Waals surface area contributed by atoms with Gasteiger partial charge in [0.15, 0.2) is 0 Å². The third-order valence-corrected chi connectivity index (χ3v) is 4.27. The van der Waals surface area contributed by atoms with Crippen molar-refractivity contribution in [2.45, 2.75) is 12.8 Å². The Kier molecular flexibility index (Phi) is 6.98. The van der Waals surface area contributed by atoms with Crippen molar-refractivity contribution in [1.29, 1.82) is 5.26 Å². The number of hydrogen-bond acceptors (Lipinski definition) is 3. The van der Waals surface area contributed by atoms with Crippen LogP contribution in [0.25, 0.3) is 0 Å². The molecule has 24 heavy (non-hydrogen) atoms. The van der Waals surface area contributed by atoms with Crippen molar-refractivity contribution in [2.24, 2.45) is 0 Å². The number of anilines is 1. The van der Waals surface area contributed by atoms with Gasteiger partial charge in [0.05, 0.1) is 11.3 Å². The Morgan fingerprint density at radius 1 is 1.17 bits per heavy atom. The van der Waals surface area contributed by atoms with Crippen molar-refractivity contribution in [3.8, 4) is 6.07 Å². The van der Waals surface area contributed by atoms with Crippen LogP contribution >= 0.6 is 15.9 Å². The Morgan fingerprint density at radius 2 is 1.88 bits per heavy atom. The van der Waals surface area contributed by atoms with Crippen molar-refractivity contribution in [3.05, 3.63) is 64.1 Å². The fraction of sp³-hybridized carbons (Fsp3) is 0.263. The predicted molar refractivity (Wildman–Crippen MR) is 99.7 cm³/mol. The van der Waals surface area contributed by atoms with Crippen LogP contribution in [0.1, 0.15) is 17.5 Å². The molecule has 1 N–H and O–H groups in total.